The molecule has 3 aromatic rings. The van der Waals surface area contributed by atoms with Gasteiger partial charge in [-0.2, -0.15) is 0 Å². The molecule has 4 saturated carbocycles. The van der Waals surface area contributed by atoms with E-state index in [9.17, 15) is 27.3 Å². The molecule has 36 heavy (non-hydrogen) atoms. The maximum Gasteiger partial charge on any atom is 0.338 e. The van der Waals surface area contributed by atoms with Crippen LogP contribution in [0, 0.1) is 23.1 Å². The van der Waals surface area contributed by atoms with Gasteiger partial charge >= 0.3 is 5.97 Å². The van der Waals surface area contributed by atoms with E-state index in [2.05, 4.69) is 4.98 Å². The van der Waals surface area contributed by atoms with E-state index in [4.69, 9.17) is 4.74 Å². The molecule has 2 unspecified atom stereocenters. The summed E-state index contributed by atoms with van der Waals surface area (Å²) < 4.78 is 52.6. The first-order valence-corrected chi connectivity index (χ1v) is 13.4. The maximum absolute atomic E-state index is 12.8. The molecule has 4 aliphatic carbocycles. The summed E-state index contributed by atoms with van der Waals surface area (Å²) in [5.74, 6) is 0.0431. The van der Waals surface area contributed by atoms with Crippen molar-refractivity contribution in [3.8, 4) is 0 Å². The lowest BCUT2D eigenvalue weighted by Crippen LogP contribution is -2.57. The largest absolute Gasteiger partial charge is 0.744 e. The van der Waals surface area contributed by atoms with Crippen LogP contribution in [0.3, 0.4) is 0 Å². The highest BCUT2D eigenvalue weighted by Gasteiger charge is 2.57. The molecule has 7 nitrogen and oxygen atoms in total. The number of hydrogen-bond acceptors (Lipinski definition) is 7. The summed E-state index contributed by atoms with van der Waals surface area (Å²) in [7, 11) is -4.74. The minimum atomic E-state index is -4.74. The average Bonchev–Trinajstić information content (AvgIpc) is 2.80. The molecule has 4 aliphatic rings. The minimum absolute atomic E-state index is 0.0570. The predicted molar refractivity (Wildman–Crippen MR) is 128 cm³/mol. The third-order valence-corrected chi connectivity index (χ3v) is 8.49. The topological polar surface area (TPSA) is 117 Å². The molecule has 190 valence electrons. The van der Waals surface area contributed by atoms with Crippen molar-refractivity contribution in [3.05, 3.63) is 72.3 Å². The first kappa shape index (κ1) is 24.8. The Hall–Kier alpha value is -2.88. The highest BCUT2D eigenvalue weighted by Crippen LogP contribution is 2.61. The van der Waals surface area contributed by atoms with Gasteiger partial charge < -0.3 is 14.4 Å². The SMILES string of the molecule is Fc1cccnc1.O=C(OCC12CC3CC(CC(O)(C3)C1)C2)c1cc(S(=O)(=O)[O-])c2ccccc2c1. The van der Waals surface area contributed by atoms with E-state index in [1.807, 2.05) is 0 Å². The Labute approximate surface area is 209 Å². The van der Waals surface area contributed by atoms with E-state index in [0.29, 0.717) is 29.0 Å². The van der Waals surface area contributed by atoms with Crippen molar-refractivity contribution in [1.29, 1.82) is 0 Å². The van der Waals surface area contributed by atoms with Gasteiger partial charge in [0.05, 0.1) is 28.9 Å². The fourth-order valence-corrected chi connectivity index (χ4v) is 7.54. The third kappa shape index (κ3) is 5.14. The van der Waals surface area contributed by atoms with Gasteiger partial charge in [-0.3, -0.25) is 4.98 Å². The number of rotatable bonds is 4. The zero-order valence-corrected chi connectivity index (χ0v) is 20.4. The van der Waals surface area contributed by atoms with E-state index in [1.165, 1.54) is 18.5 Å². The van der Waals surface area contributed by atoms with Crippen molar-refractivity contribution in [2.45, 2.75) is 49.0 Å². The quantitative estimate of drug-likeness (QED) is 0.405. The lowest BCUT2D eigenvalue weighted by molar-refractivity contribution is -0.175. The molecule has 4 fully saturated rings. The number of ether oxygens (including phenoxy) is 1. The van der Waals surface area contributed by atoms with Crippen LogP contribution in [0.4, 0.5) is 4.39 Å². The van der Waals surface area contributed by atoms with E-state index >= 15 is 0 Å². The lowest BCUT2D eigenvalue weighted by atomic mass is 9.48. The highest BCUT2D eigenvalue weighted by atomic mass is 32.2. The molecule has 2 aromatic carbocycles. The molecule has 9 heteroatoms. The van der Waals surface area contributed by atoms with E-state index in [1.54, 1.807) is 36.4 Å². The van der Waals surface area contributed by atoms with Crippen LogP contribution in [0.15, 0.2) is 65.8 Å². The Morgan fingerprint density at radius 1 is 1.11 bits per heavy atom. The third-order valence-electron chi connectivity index (χ3n) is 7.62. The van der Waals surface area contributed by atoms with Crippen LogP contribution in [0.25, 0.3) is 10.8 Å². The standard InChI is InChI=1S/C22H24O6S.C5H4FN/c23-20(17-6-16-3-1-2-4-18(16)19(7-17)29(25,26)27)28-13-21-8-14-5-15(9-21)11-22(24,10-14)12-21;6-5-2-1-3-7-4-5/h1-4,6-7,14-15,24H,5,8-13H2,(H,25,26,27);1-4H/p-1. The van der Waals surface area contributed by atoms with Crippen molar-refractivity contribution < 1.29 is 32.0 Å². The minimum Gasteiger partial charge on any atom is -0.744 e. The second-order valence-electron chi connectivity index (χ2n) is 10.6. The number of fused-ring (bicyclic) bond motifs is 1. The van der Waals surface area contributed by atoms with Crippen LogP contribution >= 0.6 is 0 Å². The Morgan fingerprint density at radius 2 is 1.83 bits per heavy atom. The van der Waals surface area contributed by atoms with Crippen LogP contribution in [0.5, 0.6) is 0 Å². The van der Waals surface area contributed by atoms with Gasteiger partial charge in [0.1, 0.15) is 15.9 Å². The number of hydrogen-bond donors (Lipinski definition) is 1. The van der Waals surface area contributed by atoms with Crippen LogP contribution < -0.4 is 0 Å². The molecule has 1 heterocycles. The molecule has 1 N–H and O–H groups in total. The Bertz CT molecular complexity index is 1380. The summed E-state index contributed by atoms with van der Waals surface area (Å²) in [6.45, 7) is 0.216. The second kappa shape index (κ2) is 9.21. The summed E-state index contributed by atoms with van der Waals surface area (Å²) in [6.07, 6.45) is 8.09. The predicted octanol–water partition coefficient (Wildman–Crippen LogP) is 4.45. The second-order valence-corrected chi connectivity index (χ2v) is 11.9. The molecule has 0 radical (unpaired) electrons. The summed E-state index contributed by atoms with van der Waals surface area (Å²) in [5.41, 5.74) is -0.774. The molecule has 0 aliphatic heterocycles. The number of halogens is 1. The Balaban J connectivity index is 0.000000330. The highest BCUT2D eigenvalue weighted by molar-refractivity contribution is 7.86. The van der Waals surface area contributed by atoms with Gasteiger partial charge in [-0.05, 0) is 85.4 Å². The molecule has 2 atom stereocenters. The van der Waals surface area contributed by atoms with Crippen LogP contribution in [-0.4, -0.2) is 41.2 Å². The average molecular weight is 513 g/mol. The van der Waals surface area contributed by atoms with Crippen LogP contribution in [-0.2, 0) is 14.9 Å². The van der Waals surface area contributed by atoms with Crippen molar-refractivity contribution in [2.75, 3.05) is 6.61 Å². The zero-order chi connectivity index (χ0) is 25.6. The number of esters is 1. The lowest BCUT2D eigenvalue weighted by Gasteiger charge is -2.59. The van der Waals surface area contributed by atoms with Crippen LogP contribution in [0.1, 0.15) is 48.9 Å². The number of benzene rings is 2. The molecule has 1 aromatic heterocycles. The zero-order valence-electron chi connectivity index (χ0n) is 19.6. The number of carbonyl (C=O) groups is 1. The summed E-state index contributed by atoms with van der Waals surface area (Å²) in [6, 6.07) is 12.1. The number of aromatic nitrogens is 1. The molecule has 4 bridgehead atoms. The van der Waals surface area contributed by atoms with Gasteiger partial charge in [-0.1, -0.05) is 24.3 Å². The van der Waals surface area contributed by atoms with Gasteiger partial charge in [0.25, 0.3) is 0 Å². The van der Waals surface area contributed by atoms with Crippen molar-refractivity contribution in [3.63, 3.8) is 0 Å². The molecule has 0 amide bonds. The fraction of sp³-hybridized carbons (Fsp3) is 0.407. The van der Waals surface area contributed by atoms with Gasteiger partial charge in [0, 0.05) is 11.6 Å². The Morgan fingerprint density at radius 3 is 2.42 bits per heavy atom. The van der Waals surface area contributed by atoms with Crippen molar-refractivity contribution in [2.24, 2.45) is 17.3 Å². The maximum atomic E-state index is 12.8. The van der Waals surface area contributed by atoms with Crippen molar-refractivity contribution >= 4 is 26.9 Å². The summed E-state index contributed by atoms with van der Waals surface area (Å²) >= 11 is 0. The first-order valence-electron chi connectivity index (χ1n) is 12.0. The smallest absolute Gasteiger partial charge is 0.338 e. The van der Waals surface area contributed by atoms with Gasteiger partial charge in [-0.15, -0.1) is 0 Å². The monoisotopic (exact) mass is 512 g/mol. The summed E-state index contributed by atoms with van der Waals surface area (Å²) in [5, 5.41) is 11.6. The molecular weight excluding hydrogens is 485 g/mol. The van der Waals surface area contributed by atoms with Crippen LogP contribution in [0.2, 0.25) is 0 Å². The Kier molecular flexibility index (Phi) is 6.34. The van der Waals surface area contributed by atoms with E-state index in [-0.39, 0.29) is 23.4 Å². The molecule has 0 spiro atoms. The molecule has 7 rings (SSSR count). The fourth-order valence-electron chi connectivity index (χ4n) is 6.81. The molecular formula is C27H27FNO6S-. The summed E-state index contributed by atoms with van der Waals surface area (Å²) in [4.78, 5) is 15.9. The first-order chi connectivity index (χ1) is 17.0. The number of aliphatic hydroxyl groups is 1. The van der Waals surface area contributed by atoms with Gasteiger partial charge in [0.15, 0.2) is 0 Å². The normalized spacial score (nSPS) is 28.4. The van der Waals surface area contributed by atoms with E-state index < -0.39 is 26.6 Å². The van der Waals surface area contributed by atoms with Gasteiger partial charge in [0.2, 0.25) is 0 Å². The number of nitrogens with zero attached hydrogens (tertiary/aromatic N) is 1. The van der Waals surface area contributed by atoms with E-state index in [0.717, 1.165) is 38.2 Å². The number of pyridine rings is 1. The number of carbonyl (C=O) groups excluding carboxylic acids is 1. The van der Waals surface area contributed by atoms with Crippen molar-refractivity contribution in [1.82, 2.24) is 4.98 Å². The molecule has 0 saturated heterocycles. The van der Waals surface area contributed by atoms with Gasteiger partial charge in [-0.25, -0.2) is 17.6 Å².